The molecule has 0 saturated heterocycles. The number of rotatable bonds is 6. The van der Waals surface area contributed by atoms with Gasteiger partial charge in [0.25, 0.3) is 0 Å². The van der Waals surface area contributed by atoms with Crippen molar-refractivity contribution in [1.29, 1.82) is 0 Å². The lowest BCUT2D eigenvalue weighted by molar-refractivity contribution is 0.415. The summed E-state index contributed by atoms with van der Waals surface area (Å²) in [5.74, 6) is 0.682. The van der Waals surface area contributed by atoms with Crippen molar-refractivity contribution in [3.63, 3.8) is 0 Å². The number of aliphatic imine (C=N–C) groups is 1. The summed E-state index contributed by atoms with van der Waals surface area (Å²) in [6.07, 6.45) is 3.27. The number of methoxy groups -OCH3 is 1. The molecule has 0 spiro atoms. The highest BCUT2D eigenvalue weighted by Gasteiger charge is 2.05. The van der Waals surface area contributed by atoms with E-state index in [2.05, 4.69) is 29.8 Å². The number of hydrogen-bond donors (Lipinski definition) is 0. The van der Waals surface area contributed by atoms with Crippen molar-refractivity contribution in [2.45, 2.75) is 6.54 Å². The Morgan fingerprint density at radius 1 is 1.23 bits per heavy atom. The minimum atomic E-state index is 0.612. The molecule has 0 N–H and O–H groups in total. The van der Waals surface area contributed by atoms with E-state index in [4.69, 9.17) is 16.3 Å². The second-order valence-electron chi connectivity index (χ2n) is 4.91. The number of ether oxygens (including phenoxy) is 1. The Morgan fingerprint density at radius 3 is 2.68 bits per heavy atom. The molecule has 0 radical (unpaired) electrons. The molecule has 3 nitrogen and oxygen atoms in total. The molecule has 0 unspecified atom stereocenters. The molecular weight excluding hydrogens is 296 g/mol. The smallest absolute Gasteiger partial charge is 0.137 e. The van der Waals surface area contributed by atoms with Crippen molar-refractivity contribution < 1.29 is 4.74 Å². The van der Waals surface area contributed by atoms with Crippen LogP contribution in [-0.4, -0.2) is 25.4 Å². The molecule has 0 atom stereocenters. The molecule has 22 heavy (non-hydrogen) atoms. The number of halogens is 1. The molecule has 0 amide bonds. The molecular formula is C18H19ClN2O. The number of hydrogen-bond acceptors (Lipinski definition) is 2. The van der Waals surface area contributed by atoms with Crippen LogP contribution in [0.25, 0.3) is 11.1 Å². The van der Waals surface area contributed by atoms with Gasteiger partial charge in [0, 0.05) is 19.8 Å². The summed E-state index contributed by atoms with van der Waals surface area (Å²) >= 11 is 6.20. The normalized spacial score (nSPS) is 10.7. The molecule has 0 aromatic heterocycles. The zero-order valence-corrected chi connectivity index (χ0v) is 13.5. The van der Waals surface area contributed by atoms with Crippen LogP contribution in [0.5, 0.6) is 5.75 Å². The Hall–Kier alpha value is -2.26. The lowest BCUT2D eigenvalue weighted by Crippen LogP contribution is -2.15. The fourth-order valence-electron chi connectivity index (χ4n) is 2.18. The third-order valence-electron chi connectivity index (χ3n) is 3.21. The zero-order valence-electron chi connectivity index (χ0n) is 12.8. The van der Waals surface area contributed by atoms with Gasteiger partial charge < -0.3 is 9.64 Å². The van der Waals surface area contributed by atoms with Gasteiger partial charge in [0.15, 0.2) is 0 Å². The third kappa shape index (κ3) is 4.12. The predicted molar refractivity (Wildman–Crippen MR) is 93.6 cm³/mol. The Kier molecular flexibility index (Phi) is 5.61. The number of nitrogens with zero attached hydrogens (tertiary/aromatic N) is 2. The molecule has 0 saturated carbocycles. The highest BCUT2D eigenvalue weighted by Crippen LogP contribution is 2.30. The molecule has 2 rings (SSSR count). The molecule has 0 aliphatic rings. The summed E-state index contributed by atoms with van der Waals surface area (Å²) in [5, 5.41) is 0.612. The second kappa shape index (κ2) is 7.66. The average molecular weight is 315 g/mol. The molecule has 2 aromatic rings. The van der Waals surface area contributed by atoms with Crippen LogP contribution in [0.2, 0.25) is 5.02 Å². The van der Waals surface area contributed by atoms with Gasteiger partial charge >= 0.3 is 0 Å². The standard InChI is InChI=1S/C18H19ClN2O/c1-4-20-13-21(2)12-14-6-5-7-15(10-14)16-8-9-18(22-3)17(19)11-16/h4-11,13H,1,12H2,2-3H3. The predicted octanol–water partition coefficient (Wildman–Crippen LogP) is 4.62. The minimum absolute atomic E-state index is 0.612. The summed E-state index contributed by atoms with van der Waals surface area (Å²) in [4.78, 5) is 6.01. The molecule has 4 heteroatoms. The van der Waals surface area contributed by atoms with Gasteiger partial charge in [0.1, 0.15) is 5.75 Å². The van der Waals surface area contributed by atoms with E-state index in [0.717, 1.165) is 17.7 Å². The highest BCUT2D eigenvalue weighted by atomic mass is 35.5. The van der Waals surface area contributed by atoms with Crippen molar-refractivity contribution in [3.8, 4) is 16.9 Å². The average Bonchev–Trinajstić information content (AvgIpc) is 2.53. The van der Waals surface area contributed by atoms with E-state index in [1.165, 1.54) is 11.8 Å². The van der Waals surface area contributed by atoms with Crippen LogP contribution in [0.3, 0.4) is 0 Å². The van der Waals surface area contributed by atoms with Crippen molar-refractivity contribution in [3.05, 3.63) is 65.8 Å². The van der Waals surface area contributed by atoms with Gasteiger partial charge in [0.2, 0.25) is 0 Å². The topological polar surface area (TPSA) is 24.8 Å². The molecule has 0 aliphatic heterocycles. The maximum atomic E-state index is 6.20. The van der Waals surface area contributed by atoms with E-state index in [1.807, 2.05) is 36.2 Å². The Bertz CT molecular complexity index is 683. The van der Waals surface area contributed by atoms with Crippen LogP contribution in [-0.2, 0) is 6.54 Å². The van der Waals surface area contributed by atoms with E-state index in [0.29, 0.717) is 10.8 Å². The fraction of sp³-hybridized carbons (Fsp3) is 0.167. The van der Waals surface area contributed by atoms with Crippen LogP contribution >= 0.6 is 11.6 Å². The number of benzene rings is 2. The third-order valence-corrected chi connectivity index (χ3v) is 3.51. The SMILES string of the molecule is C=CN=CN(C)Cc1cccc(-c2ccc(OC)c(Cl)c2)c1. The van der Waals surface area contributed by atoms with Gasteiger partial charge in [-0.2, -0.15) is 0 Å². The molecule has 2 aromatic carbocycles. The quantitative estimate of drug-likeness (QED) is 0.574. The lowest BCUT2D eigenvalue weighted by atomic mass is 10.0. The molecule has 0 aliphatic carbocycles. The second-order valence-corrected chi connectivity index (χ2v) is 5.32. The van der Waals surface area contributed by atoms with E-state index < -0.39 is 0 Å². The molecule has 114 valence electrons. The first-order valence-corrected chi connectivity index (χ1v) is 7.29. The Labute approximate surface area is 136 Å². The zero-order chi connectivity index (χ0) is 15.9. The fourth-order valence-corrected chi connectivity index (χ4v) is 2.44. The van der Waals surface area contributed by atoms with Crippen LogP contribution < -0.4 is 4.74 Å². The first kappa shape index (κ1) is 16.1. The maximum Gasteiger partial charge on any atom is 0.137 e. The van der Waals surface area contributed by atoms with Gasteiger partial charge in [-0.1, -0.05) is 42.4 Å². The highest BCUT2D eigenvalue weighted by molar-refractivity contribution is 6.32. The van der Waals surface area contributed by atoms with E-state index in [1.54, 1.807) is 13.4 Å². The van der Waals surface area contributed by atoms with Crippen molar-refractivity contribution in [2.24, 2.45) is 4.99 Å². The van der Waals surface area contributed by atoms with Gasteiger partial charge in [0.05, 0.1) is 18.5 Å². The molecule has 0 fully saturated rings. The van der Waals surface area contributed by atoms with E-state index in [9.17, 15) is 0 Å². The van der Waals surface area contributed by atoms with Crippen molar-refractivity contribution in [2.75, 3.05) is 14.2 Å². The monoisotopic (exact) mass is 314 g/mol. The van der Waals surface area contributed by atoms with Gasteiger partial charge in [-0.3, -0.25) is 0 Å². The molecule has 0 bridgehead atoms. The summed E-state index contributed by atoms with van der Waals surface area (Å²) in [7, 11) is 3.59. The lowest BCUT2D eigenvalue weighted by Gasteiger charge is -2.14. The van der Waals surface area contributed by atoms with Crippen LogP contribution in [0.1, 0.15) is 5.56 Å². The summed E-state index contributed by atoms with van der Waals surface area (Å²) in [5.41, 5.74) is 3.38. The van der Waals surface area contributed by atoms with Gasteiger partial charge in [-0.15, -0.1) is 0 Å². The van der Waals surface area contributed by atoms with Crippen molar-refractivity contribution in [1.82, 2.24) is 4.90 Å². The summed E-state index contributed by atoms with van der Waals surface area (Å²) in [6.45, 7) is 4.34. The summed E-state index contributed by atoms with van der Waals surface area (Å²) in [6, 6.07) is 14.2. The Balaban J connectivity index is 2.22. The Morgan fingerprint density at radius 2 is 2.00 bits per heavy atom. The largest absolute Gasteiger partial charge is 0.495 e. The van der Waals surface area contributed by atoms with E-state index >= 15 is 0 Å². The van der Waals surface area contributed by atoms with Crippen LogP contribution in [0, 0.1) is 0 Å². The van der Waals surface area contributed by atoms with E-state index in [-0.39, 0.29) is 0 Å². The first-order valence-electron chi connectivity index (χ1n) is 6.91. The minimum Gasteiger partial charge on any atom is -0.495 e. The van der Waals surface area contributed by atoms with Gasteiger partial charge in [-0.05, 0) is 34.9 Å². The van der Waals surface area contributed by atoms with Crippen LogP contribution in [0.15, 0.2) is 60.2 Å². The van der Waals surface area contributed by atoms with Crippen LogP contribution in [0.4, 0.5) is 0 Å². The first-order chi connectivity index (χ1) is 10.6. The van der Waals surface area contributed by atoms with Crippen molar-refractivity contribution >= 4 is 17.9 Å². The maximum absolute atomic E-state index is 6.20. The molecule has 0 heterocycles. The summed E-state index contributed by atoms with van der Waals surface area (Å²) < 4.78 is 5.19. The van der Waals surface area contributed by atoms with Gasteiger partial charge in [-0.25, -0.2) is 4.99 Å².